The first-order valence-corrected chi connectivity index (χ1v) is 4.71. The summed E-state index contributed by atoms with van der Waals surface area (Å²) in [4.78, 5) is 17.4. The standard InChI is InChI=1S/C10H13N3O/c1-7-5-8(11)6-9(12-7)13-4-2-3-10(13)14/h5-6H,2-4H2,1H3,(H2,11,12). The highest BCUT2D eigenvalue weighted by molar-refractivity contribution is 5.94. The molecule has 1 amide bonds. The molecule has 2 heterocycles. The first kappa shape index (κ1) is 8.99. The van der Waals surface area contributed by atoms with Gasteiger partial charge in [0, 0.05) is 30.4 Å². The van der Waals surface area contributed by atoms with Gasteiger partial charge in [-0.05, 0) is 19.4 Å². The van der Waals surface area contributed by atoms with Crippen LogP contribution >= 0.6 is 0 Å². The number of anilines is 2. The first-order chi connectivity index (χ1) is 6.66. The van der Waals surface area contributed by atoms with Crippen LogP contribution in [0.1, 0.15) is 18.5 Å². The molecule has 4 nitrogen and oxygen atoms in total. The molecular formula is C10H13N3O. The predicted octanol–water partition coefficient (Wildman–Crippen LogP) is 1.10. The fourth-order valence-corrected chi connectivity index (χ4v) is 1.71. The molecule has 0 spiro atoms. The monoisotopic (exact) mass is 191 g/mol. The van der Waals surface area contributed by atoms with Gasteiger partial charge in [0.15, 0.2) is 0 Å². The van der Waals surface area contributed by atoms with Gasteiger partial charge in [0.1, 0.15) is 5.82 Å². The van der Waals surface area contributed by atoms with Crippen LogP contribution in [0, 0.1) is 6.92 Å². The topological polar surface area (TPSA) is 59.2 Å². The Balaban J connectivity index is 2.35. The van der Waals surface area contributed by atoms with Crippen molar-refractivity contribution in [2.45, 2.75) is 19.8 Å². The van der Waals surface area contributed by atoms with Crippen LogP contribution in [-0.2, 0) is 4.79 Å². The number of aryl methyl sites for hydroxylation is 1. The molecular weight excluding hydrogens is 178 g/mol. The van der Waals surface area contributed by atoms with Crippen molar-refractivity contribution in [2.75, 3.05) is 17.2 Å². The van der Waals surface area contributed by atoms with Crippen LogP contribution in [0.25, 0.3) is 0 Å². The summed E-state index contributed by atoms with van der Waals surface area (Å²) in [6, 6.07) is 3.54. The maximum atomic E-state index is 11.4. The highest BCUT2D eigenvalue weighted by Crippen LogP contribution is 2.21. The Labute approximate surface area is 82.7 Å². The number of rotatable bonds is 1. The minimum atomic E-state index is 0.141. The summed E-state index contributed by atoms with van der Waals surface area (Å²) >= 11 is 0. The summed E-state index contributed by atoms with van der Waals surface area (Å²) in [6.07, 6.45) is 1.53. The average molecular weight is 191 g/mol. The SMILES string of the molecule is Cc1cc(N)cc(N2CCCC2=O)n1. The van der Waals surface area contributed by atoms with Gasteiger partial charge in [-0.15, -0.1) is 0 Å². The second-order valence-electron chi connectivity index (χ2n) is 3.55. The van der Waals surface area contributed by atoms with E-state index in [2.05, 4.69) is 4.98 Å². The lowest BCUT2D eigenvalue weighted by molar-refractivity contribution is -0.117. The quantitative estimate of drug-likeness (QED) is 0.723. The second-order valence-corrected chi connectivity index (χ2v) is 3.55. The van der Waals surface area contributed by atoms with E-state index >= 15 is 0 Å². The normalized spacial score (nSPS) is 16.4. The molecule has 1 aliphatic heterocycles. The Morgan fingerprint density at radius 2 is 2.29 bits per heavy atom. The minimum absolute atomic E-state index is 0.141. The summed E-state index contributed by atoms with van der Waals surface area (Å²) in [6.45, 7) is 2.63. The fourth-order valence-electron chi connectivity index (χ4n) is 1.71. The third-order valence-electron chi connectivity index (χ3n) is 2.31. The van der Waals surface area contributed by atoms with E-state index in [1.54, 1.807) is 17.0 Å². The van der Waals surface area contributed by atoms with Gasteiger partial charge < -0.3 is 5.73 Å². The lowest BCUT2D eigenvalue weighted by Gasteiger charge is -2.15. The third-order valence-corrected chi connectivity index (χ3v) is 2.31. The largest absolute Gasteiger partial charge is 0.399 e. The molecule has 14 heavy (non-hydrogen) atoms. The summed E-state index contributed by atoms with van der Waals surface area (Å²) in [5, 5.41) is 0. The van der Waals surface area contributed by atoms with Crippen molar-refractivity contribution in [3.63, 3.8) is 0 Å². The van der Waals surface area contributed by atoms with Crippen molar-refractivity contribution in [1.82, 2.24) is 4.98 Å². The Morgan fingerprint density at radius 1 is 1.50 bits per heavy atom. The number of nitrogen functional groups attached to an aromatic ring is 1. The van der Waals surface area contributed by atoms with Crippen molar-refractivity contribution in [3.8, 4) is 0 Å². The lowest BCUT2D eigenvalue weighted by Crippen LogP contribution is -2.25. The van der Waals surface area contributed by atoms with Crippen LogP contribution in [-0.4, -0.2) is 17.4 Å². The zero-order valence-electron chi connectivity index (χ0n) is 8.16. The van der Waals surface area contributed by atoms with Gasteiger partial charge in [-0.25, -0.2) is 4.98 Å². The Hall–Kier alpha value is -1.58. The van der Waals surface area contributed by atoms with E-state index in [0.29, 0.717) is 17.9 Å². The number of carbonyl (C=O) groups is 1. The highest BCUT2D eigenvalue weighted by Gasteiger charge is 2.22. The van der Waals surface area contributed by atoms with Crippen molar-refractivity contribution in [3.05, 3.63) is 17.8 Å². The van der Waals surface area contributed by atoms with Gasteiger partial charge in [-0.1, -0.05) is 0 Å². The number of pyridine rings is 1. The van der Waals surface area contributed by atoms with Gasteiger partial charge in [-0.3, -0.25) is 9.69 Å². The van der Waals surface area contributed by atoms with E-state index in [0.717, 1.165) is 18.7 Å². The van der Waals surface area contributed by atoms with Crippen LogP contribution in [0.2, 0.25) is 0 Å². The minimum Gasteiger partial charge on any atom is -0.399 e. The molecule has 0 bridgehead atoms. The number of amides is 1. The highest BCUT2D eigenvalue weighted by atomic mass is 16.2. The van der Waals surface area contributed by atoms with Gasteiger partial charge in [0.05, 0.1) is 0 Å². The van der Waals surface area contributed by atoms with Crippen molar-refractivity contribution < 1.29 is 4.79 Å². The lowest BCUT2D eigenvalue weighted by atomic mass is 10.3. The van der Waals surface area contributed by atoms with E-state index in [9.17, 15) is 4.79 Å². The third kappa shape index (κ3) is 1.55. The summed E-state index contributed by atoms with van der Waals surface area (Å²) in [7, 11) is 0. The van der Waals surface area contributed by atoms with Crippen LogP contribution in [0.15, 0.2) is 12.1 Å². The van der Waals surface area contributed by atoms with Gasteiger partial charge >= 0.3 is 0 Å². The van der Waals surface area contributed by atoms with Crippen LogP contribution in [0.3, 0.4) is 0 Å². The summed E-state index contributed by atoms with van der Waals surface area (Å²) in [5.74, 6) is 0.826. The molecule has 0 saturated carbocycles. The average Bonchev–Trinajstić information content (AvgIpc) is 2.49. The second kappa shape index (κ2) is 3.29. The molecule has 1 fully saturated rings. The van der Waals surface area contributed by atoms with Crippen LogP contribution in [0.4, 0.5) is 11.5 Å². The van der Waals surface area contributed by atoms with E-state index < -0.39 is 0 Å². The fraction of sp³-hybridized carbons (Fsp3) is 0.400. The number of nitrogens with zero attached hydrogens (tertiary/aromatic N) is 2. The van der Waals surface area contributed by atoms with Crippen molar-refractivity contribution in [2.24, 2.45) is 0 Å². The molecule has 0 unspecified atom stereocenters. The zero-order chi connectivity index (χ0) is 10.1. The van der Waals surface area contributed by atoms with E-state index in [1.165, 1.54) is 0 Å². The van der Waals surface area contributed by atoms with E-state index in [-0.39, 0.29) is 5.91 Å². The van der Waals surface area contributed by atoms with Crippen molar-refractivity contribution >= 4 is 17.4 Å². The van der Waals surface area contributed by atoms with E-state index in [4.69, 9.17) is 5.73 Å². The number of hydrogen-bond donors (Lipinski definition) is 1. The van der Waals surface area contributed by atoms with Gasteiger partial charge in [-0.2, -0.15) is 0 Å². The molecule has 0 aromatic carbocycles. The van der Waals surface area contributed by atoms with Gasteiger partial charge in [0.2, 0.25) is 5.91 Å². The molecule has 0 atom stereocenters. The maximum absolute atomic E-state index is 11.4. The molecule has 1 aromatic rings. The molecule has 0 radical (unpaired) electrons. The molecule has 74 valence electrons. The smallest absolute Gasteiger partial charge is 0.228 e. The molecule has 4 heteroatoms. The molecule has 2 rings (SSSR count). The maximum Gasteiger partial charge on any atom is 0.228 e. The molecule has 1 aromatic heterocycles. The molecule has 2 N–H and O–H groups in total. The van der Waals surface area contributed by atoms with E-state index in [1.807, 2.05) is 6.92 Å². The first-order valence-electron chi connectivity index (χ1n) is 4.71. The summed E-state index contributed by atoms with van der Waals surface area (Å²) in [5.41, 5.74) is 7.20. The number of nitrogens with two attached hydrogens (primary N) is 1. The molecule has 1 aliphatic rings. The van der Waals surface area contributed by atoms with Gasteiger partial charge in [0.25, 0.3) is 0 Å². The van der Waals surface area contributed by atoms with Crippen LogP contribution < -0.4 is 10.6 Å². The van der Waals surface area contributed by atoms with Crippen LogP contribution in [0.5, 0.6) is 0 Å². The Bertz CT molecular complexity index is 355. The number of hydrogen-bond acceptors (Lipinski definition) is 3. The summed E-state index contributed by atoms with van der Waals surface area (Å²) < 4.78 is 0. The zero-order valence-corrected chi connectivity index (χ0v) is 8.16. The number of aromatic nitrogens is 1. The predicted molar refractivity (Wildman–Crippen MR) is 55.0 cm³/mol. The molecule has 1 saturated heterocycles. The molecule has 0 aliphatic carbocycles. The number of carbonyl (C=O) groups excluding carboxylic acids is 1. The Morgan fingerprint density at radius 3 is 2.86 bits per heavy atom. The van der Waals surface area contributed by atoms with Crippen molar-refractivity contribution in [1.29, 1.82) is 0 Å². The Kier molecular flexibility index (Phi) is 2.11.